The number of halogens is 1. The Bertz CT molecular complexity index is 908. The van der Waals surface area contributed by atoms with Gasteiger partial charge in [-0.05, 0) is 62.8 Å². The van der Waals surface area contributed by atoms with Crippen molar-refractivity contribution in [1.82, 2.24) is 9.88 Å². The van der Waals surface area contributed by atoms with Crippen LogP contribution in [0.3, 0.4) is 0 Å². The molecule has 2 fully saturated rings. The number of amides is 1. The van der Waals surface area contributed by atoms with E-state index in [2.05, 4.69) is 9.88 Å². The molecule has 2 aromatic rings. The van der Waals surface area contributed by atoms with Gasteiger partial charge in [-0.25, -0.2) is 4.39 Å². The molecule has 4 rings (SSSR count). The Morgan fingerprint density at radius 2 is 1.74 bits per heavy atom. The molecule has 1 N–H and O–H groups in total. The van der Waals surface area contributed by atoms with Crippen molar-refractivity contribution in [3.63, 3.8) is 0 Å². The second kappa shape index (κ2) is 9.88. The number of ether oxygens (including phenoxy) is 1. The number of carbonyl (C=O) groups excluding carboxylic acids is 1. The summed E-state index contributed by atoms with van der Waals surface area (Å²) in [4.78, 5) is 13.2. The number of aromatic nitrogens is 1. The summed E-state index contributed by atoms with van der Waals surface area (Å²) in [7, 11) is 1.61. The molecule has 1 aromatic carbocycles. The minimum Gasteiger partial charge on any atom is -0.496 e. The van der Waals surface area contributed by atoms with Gasteiger partial charge < -0.3 is 14.6 Å². The zero-order valence-corrected chi connectivity index (χ0v) is 18.9. The average Bonchev–Trinajstić information content (AvgIpc) is 3.11. The molecule has 4 nitrogen and oxygen atoms in total. The number of nitrogens with one attached hydrogen (secondary N) is 1. The molecule has 0 unspecified atom stereocenters. The Morgan fingerprint density at radius 3 is 2.42 bits per heavy atom. The topological polar surface area (TPSA) is 43.3 Å². The molecule has 0 spiro atoms. The SMILES string of the molecule is COc1ccc(F)cc1-c1cc(C(=O)NC2CCCCC2)c(C)n1CC1CCCCC1. The van der Waals surface area contributed by atoms with Crippen molar-refractivity contribution >= 4 is 5.91 Å². The number of hydrogen-bond acceptors (Lipinski definition) is 2. The van der Waals surface area contributed by atoms with Gasteiger partial charge >= 0.3 is 0 Å². The molecular formula is C26H35FN2O2. The quantitative estimate of drug-likeness (QED) is 0.593. The number of methoxy groups -OCH3 is 1. The Hall–Kier alpha value is -2.30. The number of nitrogens with zero attached hydrogens (tertiary/aromatic N) is 1. The number of carbonyl (C=O) groups is 1. The molecule has 1 heterocycles. The normalized spacial score (nSPS) is 18.2. The predicted molar refractivity (Wildman–Crippen MR) is 122 cm³/mol. The van der Waals surface area contributed by atoms with Crippen LogP contribution in [0.2, 0.25) is 0 Å². The minimum absolute atomic E-state index is 0.0107. The third-order valence-electron chi connectivity index (χ3n) is 7.15. The van der Waals surface area contributed by atoms with Crippen LogP contribution < -0.4 is 10.1 Å². The highest BCUT2D eigenvalue weighted by Crippen LogP contribution is 2.36. The molecule has 168 valence electrons. The van der Waals surface area contributed by atoms with Gasteiger partial charge in [-0.1, -0.05) is 38.5 Å². The summed E-state index contributed by atoms with van der Waals surface area (Å²) in [5.41, 5.74) is 3.23. The second-order valence-electron chi connectivity index (χ2n) is 9.30. The van der Waals surface area contributed by atoms with E-state index in [0.29, 0.717) is 22.8 Å². The van der Waals surface area contributed by atoms with Crippen molar-refractivity contribution in [3.8, 4) is 17.0 Å². The van der Waals surface area contributed by atoms with E-state index >= 15 is 0 Å². The lowest BCUT2D eigenvalue weighted by Crippen LogP contribution is -2.36. The van der Waals surface area contributed by atoms with E-state index in [1.165, 1.54) is 63.5 Å². The number of hydrogen-bond donors (Lipinski definition) is 1. The number of rotatable bonds is 6. The first-order chi connectivity index (χ1) is 15.1. The van der Waals surface area contributed by atoms with Crippen LogP contribution in [0.15, 0.2) is 24.3 Å². The zero-order chi connectivity index (χ0) is 21.8. The molecule has 2 aliphatic rings. The van der Waals surface area contributed by atoms with Gasteiger partial charge in [0.05, 0.1) is 18.4 Å². The van der Waals surface area contributed by atoms with Crippen LogP contribution in [-0.4, -0.2) is 23.6 Å². The van der Waals surface area contributed by atoms with E-state index in [0.717, 1.165) is 30.8 Å². The Kier molecular flexibility index (Phi) is 6.99. The molecule has 0 atom stereocenters. The largest absolute Gasteiger partial charge is 0.496 e. The first-order valence-corrected chi connectivity index (χ1v) is 11.9. The molecular weight excluding hydrogens is 391 g/mol. The van der Waals surface area contributed by atoms with Crippen molar-refractivity contribution in [2.45, 2.75) is 83.7 Å². The molecule has 0 bridgehead atoms. The van der Waals surface area contributed by atoms with Gasteiger partial charge in [-0.3, -0.25) is 4.79 Å². The minimum atomic E-state index is -0.299. The van der Waals surface area contributed by atoms with E-state index in [4.69, 9.17) is 4.74 Å². The van der Waals surface area contributed by atoms with Gasteiger partial charge in [0.2, 0.25) is 0 Å². The van der Waals surface area contributed by atoms with Crippen molar-refractivity contribution < 1.29 is 13.9 Å². The van der Waals surface area contributed by atoms with Crippen LogP contribution >= 0.6 is 0 Å². The first-order valence-electron chi connectivity index (χ1n) is 11.9. The van der Waals surface area contributed by atoms with Gasteiger partial charge in [0.25, 0.3) is 5.91 Å². The van der Waals surface area contributed by atoms with Crippen molar-refractivity contribution in [2.75, 3.05) is 7.11 Å². The molecule has 5 heteroatoms. The second-order valence-corrected chi connectivity index (χ2v) is 9.30. The summed E-state index contributed by atoms with van der Waals surface area (Å²) in [5.74, 6) is 0.908. The Morgan fingerprint density at radius 1 is 1.06 bits per heavy atom. The van der Waals surface area contributed by atoms with Crippen LogP contribution in [0.4, 0.5) is 4.39 Å². The fourth-order valence-corrected chi connectivity index (χ4v) is 5.35. The van der Waals surface area contributed by atoms with E-state index in [9.17, 15) is 9.18 Å². The highest BCUT2D eigenvalue weighted by molar-refractivity contribution is 5.97. The summed E-state index contributed by atoms with van der Waals surface area (Å²) < 4.78 is 22.0. The maximum atomic E-state index is 14.2. The molecule has 0 aliphatic heterocycles. The highest BCUT2D eigenvalue weighted by Gasteiger charge is 2.25. The van der Waals surface area contributed by atoms with Crippen LogP contribution in [0.1, 0.15) is 80.3 Å². The maximum absolute atomic E-state index is 14.2. The van der Waals surface area contributed by atoms with Gasteiger partial charge in [0.1, 0.15) is 11.6 Å². The first kappa shape index (κ1) is 21.9. The number of benzene rings is 1. The smallest absolute Gasteiger partial charge is 0.253 e. The van der Waals surface area contributed by atoms with Crippen molar-refractivity contribution in [3.05, 3.63) is 41.3 Å². The molecule has 31 heavy (non-hydrogen) atoms. The van der Waals surface area contributed by atoms with Crippen molar-refractivity contribution in [1.29, 1.82) is 0 Å². The Balaban J connectivity index is 1.70. The highest BCUT2D eigenvalue weighted by atomic mass is 19.1. The third-order valence-corrected chi connectivity index (χ3v) is 7.15. The fourth-order valence-electron chi connectivity index (χ4n) is 5.35. The summed E-state index contributed by atoms with van der Waals surface area (Å²) in [6.45, 7) is 2.88. The van der Waals surface area contributed by atoms with Crippen LogP contribution in [0.5, 0.6) is 5.75 Å². The molecule has 1 amide bonds. The van der Waals surface area contributed by atoms with Crippen LogP contribution in [-0.2, 0) is 6.54 Å². The van der Waals surface area contributed by atoms with Crippen molar-refractivity contribution in [2.24, 2.45) is 5.92 Å². The van der Waals surface area contributed by atoms with Crippen LogP contribution in [0, 0.1) is 18.7 Å². The van der Waals surface area contributed by atoms with Gasteiger partial charge in [0.15, 0.2) is 0 Å². The molecule has 0 saturated heterocycles. The molecule has 2 saturated carbocycles. The molecule has 1 aromatic heterocycles. The molecule has 0 radical (unpaired) electrons. The van der Waals surface area contributed by atoms with E-state index in [1.54, 1.807) is 13.2 Å². The van der Waals surface area contributed by atoms with Gasteiger partial charge in [0, 0.05) is 23.8 Å². The summed E-state index contributed by atoms with van der Waals surface area (Å²) in [5, 5.41) is 3.25. The Labute approximate surface area is 185 Å². The summed E-state index contributed by atoms with van der Waals surface area (Å²) >= 11 is 0. The van der Waals surface area contributed by atoms with Crippen LogP contribution in [0.25, 0.3) is 11.3 Å². The van der Waals surface area contributed by atoms with E-state index in [1.807, 2.05) is 13.0 Å². The fraction of sp³-hybridized carbons (Fsp3) is 0.577. The summed E-state index contributed by atoms with van der Waals surface area (Å²) in [6, 6.07) is 6.80. The lowest BCUT2D eigenvalue weighted by molar-refractivity contribution is 0.0927. The lowest BCUT2D eigenvalue weighted by atomic mass is 9.89. The maximum Gasteiger partial charge on any atom is 0.253 e. The van der Waals surface area contributed by atoms with E-state index in [-0.39, 0.29) is 17.8 Å². The van der Waals surface area contributed by atoms with Gasteiger partial charge in [-0.15, -0.1) is 0 Å². The monoisotopic (exact) mass is 426 g/mol. The standard InChI is InChI=1S/C26H35FN2O2/c1-18-22(26(30)28-21-11-7-4-8-12-21)16-24(23-15-20(27)13-14-25(23)31-2)29(18)17-19-9-5-3-6-10-19/h13-16,19,21H,3-12,17H2,1-2H3,(H,28,30). The lowest BCUT2D eigenvalue weighted by Gasteiger charge is -2.25. The predicted octanol–water partition coefficient (Wildman–Crippen LogP) is 6.25. The molecule has 2 aliphatic carbocycles. The zero-order valence-electron chi connectivity index (χ0n) is 18.9. The van der Waals surface area contributed by atoms with Gasteiger partial charge in [-0.2, -0.15) is 0 Å². The van der Waals surface area contributed by atoms with E-state index < -0.39 is 0 Å². The third kappa shape index (κ3) is 4.97. The summed E-state index contributed by atoms with van der Waals surface area (Å²) in [6.07, 6.45) is 12.0. The average molecular weight is 427 g/mol.